The third-order valence-corrected chi connectivity index (χ3v) is 5.17. The van der Waals surface area contributed by atoms with Crippen LogP contribution in [0, 0.1) is 29.1 Å². The molecule has 10 heteroatoms. The maximum atomic E-state index is 14.6. The van der Waals surface area contributed by atoms with Gasteiger partial charge in [0.2, 0.25) is 10.0 Å². The zero-order chi connectivity index (χ0) is 20.8. The molecule has 3 aromatic carbocycles. The number of primary sulfonamides is 1. The van der Waals surface area contributed by atoms with E-state index >= 15 is 0 Å². The lowest BCUT2D eigenvalue weighted by Crippen LogP contribution is -2.11. The lowest BCUT2D eigenvalue weighted by atomic mass is 9.93. The summed E-state index contributed by atoms with van der Waals surface area (Å²) in [5.74, 6) is -8.39. The van der Waals surface area contributed by atoms with Crippen molar-refractivity contribution in [2.24, 2.45) is 5.14 Å². The molecular weight excluding hydrogens is 425 g/mol. The van der Waals surface area contributed by atoms with E-state index in [9.17, 15) is 30.4 Å². The molecule has 0 radical (unpaired) electrons. The molecule has 2 N–H and O–H groups in total. The van der Waals surface area contributed by atoms with E-state index in [0.29, 0.717) is 0 Å². The number of hydrogen-bond donors (Lipinski definition) is 1. The molecule has 0 heterocycles. The van der Waals surface area contributed by atoms with Gasteiger partial charge in [0, 0.05) is 11.1 Å². The van der Waals surface area contributed by atoms with Crippen LogP contribution in [0.2, 0.25) is 5.02 Å². The molecule has 0 saturated heterocycles. The van der Waals surface area contributed by atoms with Gasteiger partial charge in [-0.05, 0) is 35.4 Å². The molecule has 0 atom stereocenters. The average Bonchev–Trinajstić information content (AvgIpc) is 2.64. The van der Waals surface area contributed by atoms with Gasteiger partial charge >= 0.3 is 0 Å². The smallest absolute Gasteiger partial charge is 0.225 e. The molecule has 0 fully saturated rings. The highest BCUT2D eigenvalue weighted by molar-refractivity contribution is 7.89. The highest BCUT2D eigenvalue weighted by atomic mass is 35.5. The number of sulfonamides is 1. The van der Waals surface area contributed by atoms with Gasteiger partial charge in [-0.25, -0.2) is 35.5 Å². The first-order chi connectivity index (χ1) is 13.0. The van der Waals surface area contributed by atoms with Gasteiger partial charge in [-0.3, -0.25) is 0 Å². The molecule has 28 heavy (non-hydrogen) atoms. The second-order valence-corrected chi connectivity index (χ2v) is 7.67. The molecule has 0 aliphatic rings. The highest BCUT2D eigenvalue weighted by Crippen LogP contribution is 2.40. The van der Waals surface area contributed by atoms with Crippen molar-refractivity contribution in [3.8, 4) is 22.3 Å². The molecule has 0 unspecified atom stereocenters. The second-order valence-electron chi connectivity index (χ2n) is 5.70. The molecular formula is C18H9ClF5NO2S. The topological polar surface area (TPSA) is 60.2 Å². The van der Waals surface area contributed by atoms with Gasteiger partial charge in [-0.15, -0.1) is 0 Å². The fourth-order valence-electron chi connectivity index (χ4n) is 2.64. The first-order valence-corrected chi connectivity index (χ1v) is 9.39. The lowest BCUT2D eigenvalue weighted by molar-refractivity contribution is 0.412. The summed E-state index contributed by atoms with van der Waals surface area (Å²) in [6, 6.07) is 6.86. The van der Waals surface area contributed by atoms with Gasteiger partial charge in [0.1, 0.15) is 5.82 Å². The molecule has 0 aliphatic heterocycles. The van der Waals surface area contributed by atoms with E-state index < -0.39 is 55.3 Å². The molecule has 3 nitrogen and oxygen atoms in total. The summed E-state index contributed by atoms with van der Waals surface area (Å²) >= 11 is 5.66. The van der Waals surface area contributed by atoms with E-state index in [2.05, 4.69) is 0 Å². The monoisotopic (exact) mass is 433 g/mol. The number of benzene rings is 3. The maximum absolute atomic E-state index is 14.6. The summed E-state index contributed by atoms with van der Waals surface area (Å²) < 4.78 is 92.9. The zero-order valence-electron chi connectivity index (χ0n) is 13.6. The molecule has 0 aromatic heterocycles. The molecule has 0 saturated carbocycles. The van der Waals surface area contributed by atoms with E-state index in [1.807, 2.05) is 0 Å². The minimum absolute atomic E-state index is 0.168. The summed E-state index contributed by atoms with van der Waals surface area (Å²) in [7, 11) is -4.07. The van der Waals surface area contributed by atoms with E-state index in [-0.39, 0.29) is 16.0 Å². The van der Waals surface area contributed by atoms with Gasteiger partial charge in [0.15, 0.2) is 23.3 Å². The first-order valence-electron chi connectivity index (χ1n) is 7.47. The van der Waals surface area contributed by atoms with E-state index in [1.165, 1.54) is 0 Å². The number of nitrogens with two attached hydrogens (primary N) is 1. The largest absolute Gasteiger partial charge is 0.238 e. The summed E-state index contributed by atoms with van der Waals surface area (Å²) in [4.78, 5) is -0.328. The Bertz CT molecular complexity index is 1200. The van der Waals surface area contributed by atoms with Crippen LogP contribution in [0.1, 0.15) is 0 Å². The fraction of sp³-hybridized carbons (Fsp3) is 0. The molecule has 146 valence electrons. The van der Waals surface area contributed by atoms with Crippen LogP contribution < -0.4 is 5.14 Å². The molecule has 3 rings (SSSR count). The minimum atomic E-state index is -4.07. The van der Waals surface area contributed by atoms with Gasteiger partial charge in [0.05, 0.1) is 9.92 Å². The van der Waals surface area contributed by atoms with Crippen molar-refractivity contribution in [1.82, 2.24) is 0 Å². The van der Waals surface area contributed by atoms with Crippen molar-refractivity contribution in [2.75, 3.05) is 0 Å². The number of rotatable bonds is 3. The van der Waals surface area contributed by atoms with Crippen LogP contribution in [0.25, 0.3) is 22.3 Å². The Balaban J connectivity index is 2.35. The molecule has 3 aromatic rings. The highest BCUT2D eigenvalue weighted by Gasteiger charge is 2.27. The Morgan fingerprint density at radius 1 is 0.714 bits per heavy atom. The molecule has 0 spiro atoms. The Hall–Kier alpha value is -2.49. The van der Waals surface area contributed by atoms with Crippen LogP contribution in [-0.2, 0) is 10.0 Å². The fourth-order valence-corrected chi connectivity index (χ4v) is 3.33. The predicted molar refractivity (Wildman–Crippen MR) is 93.5 cm³/mol. The first kappa shape index (κ1) is 20.2. The predicted octanol–water partition coefficient (Wildman–Crippen LogP) is 5.02. The Morgan fingerprint density at radius 3 is 1.64 bits per heavy atom. The molecule has 0 amide bonds. The van der Waals surface area contributed by atoms with Crippen molar-refractivity contribution >= 4 is 21.6 Å². The van der Waals surface area contributed by atoms with Crippen LogP contribution in [-0.4, -0.2) is 8.42 Å². The summed E-state index contributed by atoms with van der Waals surface area (Å²) in [6.07, 6.45) is 0. The summed E-state index contributed by atoms with van der Waals surface area (Å²) in [5, 5.41) is 4.53. The normalized spacial score (nSPS) is 11.7. The van der Waals surface area contributed by atoms with Crippen LogP contribution >= 0.6 is 11.6 Å². The summed E-state index contributed by atoms with van der Waals surface area (Å²) in [6.45, 7) is 0. The lowest BCUT2D eigenvalue weighted by Gasteiger charge is -2.15. The third kappa shape index (κ3) is 3.48. The van der Waals surface area contributed by atoms with E-state index in [1.54, 1.807) is 0 Å². The van der Waals surface area contributed by atoms with Crippen LogP contribution in [0.5, 0.6) is 0 Å². The number of hydrogen-bond acceptors (Lipinski definition) is 2. The van der Waals surface area contributed by atoms with E-state index in [0.717, 1.165) is 42.5 Å². The van der Waals surface area contributed by atoms with Gasteiger partial charge in [-0.2, -0.15) is 0 Å². The molecule has 0 aliphatic carbocycles. The minimum Gasteiger partial charge on any atom is -0.225 e. The summed E-state index contributed by atoms with van der Waals surface area (Å²) in [5.41, 5.74) is -1.79. The third-order valence-electron chi connectivity index (χ3n) is 3.95. The average molecular weight is 434 g/mol. The van der Waals surface area contributed by atoms with Gasteiger partial charge in [0.25, 0.3) is 0 Å². The van der Waals surface area contributed by atoms with E-state index in [4.69, 9.17) is 16.7 Å². The SMILES string of the molecule is NS(=O)(=O)c1ccc(-c2c(F)c(F)c(F)c(F)c2-c2ccc(F)c(Cl)c2)cc1. The van der Waals surface area contributed by atoms with Crippen molar-refractivity contribution in [1.29, 1.82) is 0 Å². The van der Waals surface area contributed by atoms with Gasteiger partial charge < -0.3 is 0 Å². The Morgan fingerprint density at radius 2 is 1.18 bits per heavy atom. The van der Waals surface area contributed by atoms with Crippen LogP contribution in [0.15, 0.2) is 47.4 Å². The maximum Gasteiger partial charge on any atom is 0.238 e. The quantitative estimate of drug-likeness (QED) is 0.358. The Labute approximate surface area is 161 Å². The van der Waals surface area contributed by atoms with Crippen molar-refractivity contribution < 1.29 is 30.4 Å². The van der Waals surface area contributed by atoms with Crippen molar-refractivity contribution in [3.05, 3.63) is 76.6 Å². The van der Waals surface area contributed by atoms with Gasteiger partial charge in [-0.1, -0.05) is 29.8 Å². The van der Waals surface area contributed by atoms with Crippen LogP contribution in [0.4, 0.5) is 22.0 Å². The standard InChI is InChI=1S/C18H9ClF5NO2S/c19-11-7-9(3-6-12(11)20)14-13(15(21)17(23)18(24)16(14)22)8-1-4-10(5-2-8)28(25,26)27/h1-7H,(H2,25,26,27). The second kappa shape index (κ2) is 7.16. The van der Waals surface area contributed by atoms with Crippen LogP contribution in [0.3, 0.4) is 0 Å². The Kier molecular flexibility index (Phi) is 5.18. The molecule has 0 bridgehead atoms. The zero-order valence-corrected chi connectivity index (χ0v) is 15.2. The number of halogens is 6. The van der Waals surface area contributed by atoms with Crippen molar-refractivity contribution in [3.63, 3.8) is 0 Å². The van der Waals surface area contributed by atoms with Crippen molar-refractivity contribution in [2.45, 2.75) is 4.90 Å².